The summed E-state index contributed by atoms with van der Waals surface area (Å²) in [6.45, 7) is 0. The zero-order valence-corrected chi connectivity index (χ0v) is 10.5. The average molecular weight is 308 g/mol. The van der Waals surface area contributed by atoms with Crippen LogP contribution in [0.5, 0.6) is 0 Å². The maximum atomic E-state index is 12.7. The highest BCUT2D eigenvalue weighted by Gasteiger charge is 2.38. The number of hydrogen-bond acceptors (Lipinski definition) is 2. The van der Waals surface area contributed by atoms with Gasteiger partial charge < -0.3 is 10.8 Å². The first-order valence-corrected chi connectivity index (χ1v) is 5.05. The fraction of sp³-hybridized carbons (Fsp3) is 0.400. The van der Waals surface area contributed by atoms with Crippen LogP contribution in [0.15, 0.2) is 18.2 Å². The predicted octanol–water partition coefficient (Wildman–Crippen LogP) is 3.21. The number of nitrogens with two attached hydrogens (primary N) is 1. The van der Waals surface area contributed by atoms with Gasteiger partial charge in [0, 0.05) is 11.4 Å². The first-order chi connectivity index (χ1) is 7.71. The molecule has 8 heteroatoms. The highest BCUT2D eigenvalue weighted by molar-refractivity contribution is 6.31. The molecule has 0 saturated carbocycles. The Labute approximate surface area is 112 Å². The molecule has 104 valence electrons. The third-order valence-corrected chi connectivity index (χ3v) is 2.55. The van der Waals surface area contributed by atoms with Crippen LogP contribution >= 0.6 is 24.0 Å². The summed E-state index contributed by atoms with van der Waals surface area (Å²) in [5, 5.41) is 9.41. The van der Waals surface area contributed by atoms with Crippen LogP contribution in [0.25, 0.3) is 0 Å². The van der Waals surface area contributed by atoms with Gasteiger partial charge in [-0.25, -0.2) is 4.39 Å². The molecule has 0 bridgehead atoms. The van der Waals surface area contributed by atoms with Crippen molar-refractivity contribution in [2.75, 3.05) is 0 Å². The number of hydrogen-bond donors (Lipinski definition) is 2. The van der Waals surface area contributed by atoms with E-state index < -0.39 is 30.6 Å². The first kappa shape index (κ1) is 17.4. The van der Waals surface area contributed by atoms with Gasteiger partial charge in [-0.1, -0.05) is 17.7 Å². The van der Waals surface area contributed by atoms with Crippen molar-refractivity contribution in [3.63, 3.8) is 0 Å². The third kappa shape index (κ3) is 4.61. The predicted molar refractivity (Wildman–Crippen MR) is 62.3 cm³/mol. The van der Waals surface area contributed by atoms with E-state index in [-0.39, 0.29) is 23.0 Å². The normalized spacial score (nSPS) is 14.8. The number of aliphatic hydroxyl groups is 1. The molecule has 0 aliphatic carbocycles. The second-order valence-electron chi connectivity index (χ2n) is 3.57. The van der Waals surface area contributed by atoms with Crippen molar-refractivity contribution in [2.45, 2.75) is 24.7 Å². The lowest BCUT2D eigenvalue weighted by Crippen LogP contribution is -2.38. The van der Waals surface area contributed by atoms with Crippen LogP contribution in [-0.2, 0) is 0 Å². The smallest absolute Gasteiger partial charge is 0.388 e. The van der Waals surface area contributed by atoms with Crippen molar-refractivity contribution >= 4 is 24.0 Å². The Morgan fingerprint density at radius 2 is 1.89 bits per heavy atom. The van der Waals surface area contributed by atoms with Gasteiger partial charge in [0.05, 0.1) is 6.10 Å². The number of rotatable bonds is 3. The number of aliphatic hydroxyl groups excluding tert-OH is 1. The van der Waals surface area contributed by atoms with Crippen LogP contribution in [0.3, 0.4) is 0 Å². The van der Waals surface area contributed by atoms with Crippen molar-refractivity contribution in [2.24, 2.45) is 5.73 Å². The summed E-state index contributed by atoms with van der Waals surface area (Å²) >= 11 is 5.60. The van der Waals surface area contributed by atoms with Crippen molar-refractivity contribution in [3.8, 4) is 0 Å². The van der Waals surface area contributed by atoms with Crippen LogP contribution in [0.4, 0.5) is 17.6 Å². The monoisotopic (exact) mass is 307 g/mol. The SMILES string of the molecule is Cl.N[C@H](C[C@H](O)c1ccc(F)cc1Cl)C(F)(F)F. The van der Waals surface area contributed by atoms with Gasteiger partial charge in [-0.2, -0.15) is 13.2 Å². The fourth-order valence-corrected chi connectivity index (χ4v) is 1.57. The van der Waals surface area contributed by atoms with E-state index in [0.717, 1.165) is 18.2 Å². The molecule has 0 unspecified atom stereocenters. The Balaban J connectivity index is 0.00000289. The molecular weight excluding hydrogens is 297 g/mol. The van der Waals surface area contributed by atoms with Gasteiger partial charge in [0.2, 0.25) is 0 Å². The molecule has 0 aromatic heterocycles. The molecule has 0 radical (unpaired) electrons. The van der Waals surface area contributed by atoms with Gasteiger partial charge in [-0.15, -0.1) is 12.4 Å². The molecule has 0 heterocycles. The van der Waals surface area contributed by atoms with E-state index in [2.05, 4.69) is 0 Å². The minimum atomic E-state index is -4.59. The molecule has 2 atom stereocenters. The molecule has 1 aromatic carbocycles. The summed E-state index contributed by atoms with van der Waals surface area (Å²) in [6.07, 6.45) is -6.80. The van der Waals surface area contributed by atoms with Crippen LogP contribution in [0, 0.1) is 5.82 Å². The minimum absolute atomic E-state index is 0. The van der Waals surface area contributed by atoms with E-state index in [9.17, 15) is 22.7 Å². The van der Waals surface area contributed by atoms with Crippen molar-refractivity contribution in [3.05, 3.63) is 34.6 Å². The van der Waals surface area contributed by atoms with Gasteiger partial charge in [0.15, 0.2) is 0 Å². The Morgan fingerprint density at radius 1 is 1.33 bits per heavy atom. The van der Waals surface area contributed by atoms with Crippen LogP contribution in [-0.4, -0.2) is 17.3 Å². The molecule has 18 heavy (non-hydrogen) atoms. The Bertz CT molecular complexity index is 400. The van der Waals surface area contributed by atoms with E-state index in [4.69, 9.17) is 17.3 Å². The van der Waals surface area contributed by atoms with E-state index in [1.807, 2.05) is 0 Å². The number of alkyl halides is 3. The number of halogens is 6. The average Bonchev–Trinajstić information content (AvgIpc) is 2.15. The molecule has 1 aromatic rings. The molecule has 0 saturated heterocycles. The topological polar surface area (TPSA) is 46.2 Å². The summed E-state index contributed by atoms with van der Waals surface area (Å²) in [7, 11) is 0. The summed E-state index contributed by atoms with van der Waals surface area (Å²) < 4.78 is 49.2. The van der Waals surface area contributed by atoms with Gasteiger partial charge in [-0.05, 0) is 17.7 Å². The van der Waals surface area contributed by atoms with E-state index >= 15 is 0 Å². The van der Waals surface area contributed by atoms with Crippen LogP contribution < -0.4 is 5.73 Å². The summed E-state index contributed by atoms with van der Waals surface area (Å²) in [5.41, 5.74) is 4.89. The maximum absolute atomic E-state index is 12.7. The van der Waals surface area contributed by atoms with Gasteiger partial charge in [0.25, 0.3) is 0 Å². The molecule has 0 amide bonds. The molecule has 2 nitrogen and oxygen atoms in total. The second kappa shape index (κ2) is 6.56. The Hall–Kier alpha value is -0.560. The zero-order valence-electron chi connectivity index (χ0n) is 8.92. The van der Waals surface area contributed by atoms with Gasteiger partial charge >= 0.3 is 6.18 Å². The quantitative estimate of drug-likeness (QED) is 0.842. The fourth-order valence-electron chi connectivity index (χ4n) is 1.27. The lowest BCUT2D eigenvalue weighted by atomic mass is 10.0. The first-order valence-electron chi connectivity index (χ1n) is 4.67. The highest BCUT2D eigenvalue weighted by atomic mass is 35.5. The molecule has 3 N–H and O–H groups in total. The van der Waals surface area contributed by atoms with Crippen molar-refractivity contribution < 1.29 is 22.7 Å². The van der Waals surface area contributed by atoms with Gasteiger partial charge in [-0.3, -0.25) is 0 Å². The van der Waals surface area contributed by atoms with Crippen LogP contribution in [0.1, 0.15) is 18.1 Å². The summed E-state index contributed by atoms with van der Waals surface area (Å²) in [4.78, 5) is 0. The van der Waals surface area contributed by atoms with E-state index in [1.54, 1.807) is 0 Å². The Kier molecular flexibility index (Phi) is 6.36. The van der Waals surface area contributed by atoms with Gasteiger partial charge in [0.1, 0.15) is 11.9 Å². The zero-order chi connectivity index (χ0) is 13.2. The molecular formula is C10H11Cl2F4NO. The molecule has 1 rings (SSSR count). The van der Waals surface area contributed by atoms with Crippen molar-refractivity contribution in [1.29, 1.82) is 0 Å². The number of benzene rings is 1. The summed E-state index contributed by atoms with van der Waals surface area (Å²) in [6, 6.07) is 0.896. The lowest BCUT2D eigenvalue weighted by Gasteiger charge is -2.19. The van der Waals surface area contributed by atoms with E-state index in [0.29, 0.717) is 0 Å². The largest absolute Gasteiger partial charge is 0.403 e. The van der Waals surface area contributed by atoms with Crippen molar-refractivity contribution in [1.82, 2.24) is 0 Å². The Morgan fingerprint density at radius 3 is 2.33 bits per heavy atom. The van der Waals surface area contributed by atoms with Crippen LogP contribution in [0.2, 0.25) is 5.02 Å². The van der Waals surface area contributed by atoms with E-state index in [1.165, 1.54) is 0 Å². The molecule has 0 spiro atoms. The summed E-state index contributed by atoms with van der Waals surface area (Å²) in [5.74, 6) is -0.633. The lowest BCUT2D eigenvalue weighted by molar-refractivity contribution is -0.153. The molecule has 0 fully saturated rings. The molecule has 0 aliphatic rings. The minimum Gasteiger partial charge on any atom is -0.388 e. The highest BCUT2D eigenvalue weighted by Crippen LogP contribution is 2.30. The molecule has 0 aliphatic heterocycles. The maximum Gasteiger partial charge on any atom is 0.403 e. The second-order valence-corrected chi connectivity index (χ2v) is 3.97. The standard InChI is InChI=1S/C10H10ClF4NO.ClH/c11-7-3-5(12)1-2-6(7)8(17)4-9(16)10(13,14)15;/h1-3,8-9,17H,4,16H2;1H/t8-,9+;/m0./s1. The third-order valence-electron chi connectivity index (χ3n) is 2.22.